The standard InChI is InChI=1S/C19H32O/c1-14(13-20)7-9-16-15(2)8-10-17-18(3,4)11-6-12-19(16,17)5/h13,16-17,20H,2,6-12H2,1,3-5H3/b14-13-/t16-,17?,19+/m0/s1. The van der Waals surface area contributed by atoms with Crippen LogP contribution in [0.25, 0.3) is 0 Å². The third kappa shape index (κ3) is 2.69. The van der Waals surface area contributed by atoms with E-state index in [4.69, 9.17) is 5.11 Å². The van der Waals surface area contributed by atoms with E-state index in [0.29, 0.717) is 16.7 Å². The molecule has 1 N–H and O–H groups in total. The van der Waals surface area contributed by atoms with Crippen molar-refractivity contribution < 1.29 is 5.11 Å². The highest BCUT2D eigenvalue weighted by Gasteiger charge is 2.52. The molecule has 0 aromatic rings. The maximum absolute atomic E-state index is 9.13. The molecular weight excluding hydrogens is 244 g/mol. The molecule has 1 nitrogen and oxygen atoms in total. The molecule has 1 heteroatoms. The van der Waals surface area contributed by atoms with Crippen molar-refractivity contribution in [2.45, 2.75) is 72.6 Å². The molecule has 114 valence electrons. The molecule has 0 heterocycles. The summed E-state index contributed by atoms with van der Waals surface area (Å²) in [4.78, 5) is 0. The van der Waals surface area contributed by atoms with Crippen molar-refractivity contribution >= 4 is 0 Å². The Labute approximate surface area is 125 Å². The second-order valence-corrected chi connectivity index (χ2v) is 8.16. The van der Waals surface area contributed by atoms with Gasteiger partial charge in [0.25, 0.3) is 0 Å². The first-order valence-corrected chi connectivity index (χ1v) is 8.29. The second kappa shape index (κ2) is 5.58. The van der Waals surface area contributed by atoms with Crippen LogP contribution in [0.2, 0.25) is 0 Å². The van der Waals surface area contributed by atoms with E-state index in [0.717, 1.165) is 24.3 Å². The molecule has 2 aliphatic rings. The van der Waals surface area contributed by atoms with Gasteiger partial charge in [0, 0.05) is 0 Å². The first kappa shape index (κ1) is 15.7. The number of aliphatic hydroxyl groups is 1. The van der Waals surface area contributed by atoms with Crippen LogP contribution in [0.3, 0.4) is 0 Å². The summed E-state index contributed by atoms with van der Waals surface area (Å²) in [6, 6.07) is 0. The van der Waals surface area contributed by atoms with Gasteiger partial charge in [-0.2, -0.15) is 0 Å². The fourth-order valence-corrected chi connectivity index (χ4v) is 5.24. The van der Waals surface area contributed by atoms with Crippen LogP contribution in [0, 0.1) is 22.7 Å². The minimum Gasteiger partial charge on any atom is -0.516 e. The summed E-state index contributed by atoms with van der Waals surface area (Å²) in [6.45, 7) is 13.9. The fourth-order valence-electron chi connectivity index (χ4n) is 5.24. The summed E-state index contributed by atoms with van der Waals surface area (Å²) in [5, 5.41) is 9.13. The molecule has 3 atom stereocenters. The van der Waals surface area contributed by atoms with Gasteiger partial charge in [0.05, 0.1) is 6.26 Å². The van der Waals surface area contributed by atoms with Crippen LogP contribution in [0.15, 0.2) is 24.0 Å². The molecule has 0 saturated heterocycles. The van der Waals surface area contributed by atoms with Crippen LogP contribution < -0.4 is 0 Å². The van der Waals surface area contributed by atoms with Crippen molar-refractivity contribution in [3.05, 3.63) is 24.0 Å². The number of allylic oxidation sites excluding steroid dienone is 2. The average Bonchev–Trinajstić information content (AvgIpc) is 2.36. The van der Waals surface area contributed by atoms with Gasteiger partial charge in [0.15, 0.2) is 0 Å². The van der Waals surface area contributed by atoms with E-state index in [2.05, 4.69) is 27.4 Å². The van der Waals surface area contributed by atoms with Gasteiger partial charge in [-0.25, -0.2) is 0 Å². The summed E-state index contributed by atoms with van der Waals surface area (Å²) >= 11 is 0. The average molecular weight is 276 g/mol. The summed E-state index contributed by atoms with van der Waals surface area (Å²) in [7, 11) is 0. The van der Waals surface area contributed by atoms with Gasteiger partial charge in [0.1, 0.15) is 0 Å². The Bertz CT molecular complexity index is 404. The maximum atomic E-state index is 9.13. The quantitative estimate of drug-likeness (QED) is 0.493. The molecule has 2 fully saturated rings. The van der Waals surface area contributed by atoms with E-state index in [1.165, 1.54) is 43.9 Å². The lowest BCUT2D eigenvalue weighted by Crippen LogP contribution is -2.49. The van der Waals surface area contributed by atoms with Gasteiger partial charge in [-0.3, -0.25) is 0 Å². The Morgan fingerprint density at radius 3 is 2.70 bits per heavy atom. The number of hydrogen-bond donors (Lipinski definition) is 1. The van der Waals surface area contributed by atoms with E-state index in [1.54, 1.807) is 0 Å². The van der Waals surface area contributed by atoms with Gasteiger partial charge in [-0.15, -0.1) is 0 Å². The molecule has 0 amide bonds. The zero-order valence-corrected chi connectivity index (χ0v) is 13.8. The Kier molecular flexibility index (Phi) is 4.37. The van der Waals surface area contributed by atoms with Gasteiger partial charge in [-0.05, 0) is 73.7 Å². The summed E-state index contributed by atoms with van der Waals surface area (Å²) in [5.74, 6) is 1.47. The first-order valence-electron chi connectivity index (χ1n) is 8.29. The van der Waals surface area contributed by atoms with Crippen molar-refractivity contribution in [2.24, 2.45) is 22.7 Å². The second-order valence-electron chi connectivity index (χ2n) is 8.16. The molecule has 0 aromatic carbocycles. The van der Waals surface area contributed by atoms with Crippen molar-refractivity contribution in [1.29, 1.82) is 0 Å². The van der Waals surface area contributed by atoms with Crippen molar-refractivity contribution in [2.75, 3.05) is 0 Å². The molecule has 0 aromatic heterocycles. The molecular formula is C19H32O. The van der Waals surface area contributed by atoms with E-state index < -0.39 is 0 Å². The van der Waals surface area contributed by atoms with E-state index in [9.17, 15) is 0 Å². The largest absolute Gasteiger partial charge is 0.516 e. The minimum atomic E-state index is 0.423. The highest BCUT2D eigenvalue weighted by Crippen LogP contribution is 2.61. The zero-order valence-electron chi connectivity index (χ0n) is 13.8. The molecule has 2 saturated carbocycles. The van der Waals surface area contributed by atoms with Crippen LogP contribution in [-0.4, -0.2) is 5.11 Å². The molecule has 2 rings (SSSR count). The Morgan fingerprint density at radius 2 is 2.05 bits per heavy atom. The lowest BCUT2D eigenvalue weighted by Gasteiger charge is -2.58. The summed E-state index contributed by atoms with van der Waals surface area (Å²) in [5.41, 5.74) is 3.46. The smallest absolute Gasteiger partial charge is 0.0780 e. The van der Waals surface area contributed by atoms with E-state index in [-0.39, 0.29) is 0 Å². The Morgan fingerprint density at radius 1 is 1.35 bits per heavy atom. The Hall–Kier alpha value is -0.720. The van der Waals surface area contributed by atoms with Gasteiger partial charge in [-0.1, -0.05) is 39.3 Å². The Balaban J connectivity index is 2.22. The molecule has 1 unspecified atom stereocenters. The monoisotopic (exact) mass is 276 g/mol. The predicted molar refractivity (Wildman–Crippen MR) is 86.7 cm³/mol. The highest BCUT2D eigenvalue weighted by molar-refractivity contribution is 5.16. The minimum absolute atomic E-state index is 0.423. The van der Waals surface area contributed by atoms with Crippen LogP contribution >= 0.6 is 0 Å². The van der Waals surface area contributed by atoms with Gasteiger partial charge < -0.3 is 5.11 Å². The SMILES string of the molecule is C=C1CCC2C(C)(C)CCC[C@]2(C)[C@H]1CC/C(C)=C\O. The van der Waals surface area contributed by atoms with Crippen molar-refractivity contribution in [3.8, 4) is 0 Å². The molecule has 0 spiro atoms. The van der Waals surface area contributed by atoms with Crippen LogP contribution in [0.5, 0.6) is 0 Å². The molecule has 0 radical (unpaired) electrons. The first-order chi connectivity index (χ1) is 9.31. The third-order valence-electron chi connectivity index (χ3n) is 6.37. The highest BCUT2D eigenvalue weighted by atomic mass is 16.2. The van der Waals surface area contributed by atoms with Crippen LogP contribution in [0.4, 0.5) is 0 Å². The number of fused-ring (bicyclic) bond motifs is 1. The maximum Gasteiger partial charge on any atom is 0.0780 e. The lowest BCUT2D eigenvalue weighted by atomic mass is 9.47. The van der Waals surface area contributed by atoms with Crippen molar-refractivity contribution in [1.82, 2.24) is 0 Å². The molecule has 0 bridgehead atoms. The van der Waals surface area contributed by atoms with E-state index in [1.807, 2.05) is 6.92 Å². The van der Waals surface area contributed by atoms with E-state index >= 15 is 0 Å². The molecule has 2 aliphatic carbocycles. The molecule has 20 heavy (non-hydrogen) atoms. The topological polar surface area (TPSA) is 20.2 Å². The van der Waals surface area contributed by atoms with Crippen LogP contribution in [0.1, 0.15) is 72.6 Å². The number of rotatable bonds is 3. The van der Waals surface area contributed by atoms with Gasteiger partial charge >= 0.3 is 0 Å². The normalized spacial score (nSPS) is 37.6. The lowest BCUT2D eigenvalue weighted by molar-refractivity contribution is -0.0539. The van der Waals surface area contributed by atoms with Crippen molar-refractivity contribution in [3.63, 3.8) is 0 Å². The number of hydrogen-bond acceptors (Lipinski definition) is 1. The molecule has 0 aliphatic heterocycles. The third-order valence-corrected chi connectivity index (χ3v) is 6.37. The summed E-state index contributed by atoms with van der Waals surface area (Å²) in [6.07, 6.45) is 10.1. The fraction of sp³-hybridized carbons (Fsp3) is 0.789. The predicted octanol–water partition coefficient (Wildman–Crippen LogP) is 6.03. The summed E-state index contributed by atoms with van der Waals surface area (Å²) < 4.78 is 0. The van der Waals surface area contributed by atoms with Crippen LogP contribution in [-0.2, 0) is 0 Å². The van der Waals surface area contributed by atoms with Gasteiger partial charge in [0.2, 0.25) is 0 Å². The number of aliphatic hydroxyl groups excluding tert-OH is 1. The zero-order chi connectivity index (χ0) is 15.0.